The summed E-state index contributed by atoms with van der Waals surface area (Å²) in [5.74, 6) is 1.58. The van der Waals surface area contributed by atoms with E-state index in [1.165, 1.54) is 19.1 Å². The monoisotopic (exact) mass is 367 g/mol. The van der Waals surface area contributed by atoms with Gasteiger partial charge in [0, 0.05) is 36.0 Å². The standard InChI is InChI=1S/C20H21N3O4/c1-25-17-11-19-18(26-13-27-19)10-15(17)12-21-22-20(24)14-4-6-16(7-5-14)23-8-2-3-9-23/h4-7,10-12H,2-3,8-9,13H2,1H3,(H,22,24)/b21-12-. The van der Waals surface area contributed by atoms with E-state index in [0.29, 0.717) is 28.4 Å². The van der Waals surface area contributed by atoms with E-state index in [9.17, 15) is 4.79 Å². The van der Waals surface area contributed by atoms with E-state index in [2.05, 4.69) is 15.4 Å². The molecule has 0 aromatic heterocycles. The maximum absolute atomic E-state index is 12.3. The number of carbonyl (C=O) groups is 1. The average Bonchev–Trinajstić information content (AvgIpc) is 3.39. The Labute approximate surface area is 157 Å². The Balaban J connectivity index is 1.41. The first-order valence-electron chi connectivity index (χ1n) is 8.90. The molecule has 0 radical (unpaired) electrons. The summed E-state index contributed by atoms with van der Waals surface area (Å²) < 4.78 is 16.0. The molecule has 140 valence electrons. The van der Waals surface area contributed by atoms with E-state index < -0.39 is 0 Å². The van der Waals surface area contributed by atoms with Crippen LogP contribution in [0, 0.1) is 0 Å². The van der Waals surface area contributed by atoms with Crippen LogP contribution < -0.4 is 24.5 Å². The SMILES string of the molecule is COc1cc2c(cc1/C=N\NC(=O)c1ccc(N3CCCC3)cc1)OCO2. The molecule has 27 heavy (non-hydrogen) atoms. The second kappa shape index (κ2) is 7.57. The number of hydrazone groups is 1. The number of hydrogen-bond acceptors (Lipinski definition) is 6. The summed E-state index contributed by atoms with van der Waals surface area (Å²) in [4.78, 5) is 14.6. The van der Waals surface area contributed by atoms with Crippen molar-refractivity contribution in [1.29, 1.82) is 0 Å². The van der Waals surface area contributed by atoms with Crippen molar-refractivity contribution in [2.24, 2.45) is 5.10 Å². The van der Waals surface area contributed by atoms with Crippen LogP contribution in [0.4, 0.5) is 5.69 Å². The highest BCUT2D eigenvalue weighted by Gasteiger charge is 2.17. The fourth-order valence-corrected chi connectivity index (χ4v) is 3.24. The van der Waals surface area contributed by atoms with Crippen LogP contribution in [0.1, 0.15) is 28.8 Å². The first-order valence-corrected chi connectivity index (χ1v) is 8.90. The molecule has 2 aliphatic heterocycles. The third-order valence-electron chi connectivity index (χ3n) is 4.70. The van der Waals surface area contributed by atoms with Gasteiger partial charge in [0.05, 0.1) is 13.3 Å². The second-order valence-corrected chi connectivity index (χ2v) is 6.39. The van der Waals surface area contributed by atoms with Crippen molar-refractivity contribution >= 4 is 17.8 Å². The zero-order valence-electron chi connectivity index (χ0n) is 15.1. The molecule has 2 aliphatic rings. The summed E-state index contributed by atoms with van der Waals surface area (Å²) in [6.45, 7) is 2.34. The van der Waals surface area contributed by atoms with E-state index in [4.69, 9.17) is 14.2 Å². The lowest BCUT2D eigenvalue weighted by Crippen LogP contribution is -2.19. The first kappa shape index (κ1) is 17.2. The van der Waals surface area contributed by atoms with Gasteiger partial charge in [0.2, 0.25) is 6.79 Å². The van der Waals surface area contributed by atoms with Gasteiger partial charge in [-0.25, -0.2) is 5.43 Å². The lowest BCUT2D eigenvalue weighted by molar-refractivity contribution is 0.0955. The number of nitrogens with zero attached hydrogens (tertiary/aromatic N) is 2. The molecule has 7 nitrogen and oxygen atoms in total. The fourth-order valence-electron chi connectivity index (χ4n) is 3.24. The van der Waals surface area contributed by atoms with Crippen LogP contribution in [-0.4, -0.2) is 39.1 Å². The number of methoxy groups -OCH3 is 1. The van der Waals surface area contributed by atoms with Crippen LogP contribution >= 0.6 is 0 Å². The molecular weight excluding hydrogens is 346 g/mol. The van der Waals surface area contributed by atoms with Crippen LogP contribution in [0.15, 0.2) is 41.5 Å². The molecule has 2 aromatic rings. The Morgan fingerprint density at radius 1 is 1.15 bits per heavy atom. The Bertz CT molecular complexity index is 858. The predicted octanol–water partition coefficient (Wildman–Crippen LogP) is 2.79. The number of rotatable bonds is 5. The van der Waals surface area contributed by atoms with E-state index >= 15 is 0 Å². The summed E-state index contributed by atoms with van der Waals surface area (Å²) in [6, 6.07) is 11.1. The quantitative estimate of drug-likeness (QED) is 0.650. The predicted molar refractivity (Wildman–Crippen MR) is 102 cm³/mol. The summed E-state index contributed by atoms with van der Waals surface area (Å²) in [6.07, 6.45) is 3.97. The largest absolute Gasteiger partial charge is 0.496 e. The molecule has 1 N–H and O–H groups in total. The molecule has 2 heterocycles. The Morgan fingerprint density at radius 2 is 1.85 bits per heavy atom. The highest BCUT2D eigenvalue weighted by molar-refractivity contribution is 5.95. The summed E-state index contributed by atoms with van der Waals surface area (Å²) in [5.41, 5.74) is 4.94. The normalized spacial score (nSPS) is 15.4. The number of fused-ring (bicyclic) bond motifs is 1. The number of ether oxygens (including phenoxy) is 3. The van der Waals surface area contributed by atoms with Crippen LogP contribution in [-0.2, 0) is 0 Å². The fraction of sp³-hybridized carbons (Fsp3) is 0.300. The van der Waals surface area contributed by atoms with Crippen molar-refractivity contribution in [3.05, 3.63) is 47.5 Å². The van der Waals surface area contributed by atoms with Gasteiger partial charge < -0.3 is 19.1 Å². The molecule has 1 saturated heterocycles. The maximum Gasteiger partial charge on any atom is 0.271 e. The molecule has 0 unspecified atom stereocenters. The molecule has 0 bridgehead atoms. The minimum absolute atomic E-state index is 0.184. The molecular formula is C20H21N3O4. The molecule has 1 fully saturated rings. The topological polar surface area (TPSA) is 72.4 Å². The number of amides is 1. The van der Waals surface area contributed by atoms with Gasteiger partial charge in [0.25, 0.3) is 5.91 Å². The lowest BCUT2D eigenvalue weighted by Gasteiger charge is -2.17. The van der Waals surface area contributed by atoms with Crippen molar-refractivity contribution in [1.82, 2.24) is 5.43 Å². The Morgan fingerprint density at radius 3 is 2.56 bits per heavy atom. The minimum atomic E-state index is -0.265. The zero-order valence-corrected chi connectivity index (χ0v) is 15.1. The van der Waals surface area contributed by atoms with Gasteiger partial charge in [-0.2, -0.15) is 5.10 Å². The summed E-state index contributed by atoms with van der Waals surface area (Å²) in [7, 11) is 1.56. The van der Waals surface area contributed by atoms with Crippen molar-refractivity contribution in [3.8, 4) is 17.2 Å². The van der Waals surface area contributed by atoms with E-state index in [0.717, 1.165) is 18.8 Å². The molecule has 1 amide bonds. The van der Waals surface area contributed by atoms with Crippen LogP contribution in [0.5, 0.6) is 17.2 Å². The van der Waals surface area contributed by atoms with Crippen molar-refractivity contribution < 1.29 is 19.0 Å². The molecule has 2 aromatic carbocycles. The van der Waals surface area contributed by atoms with Gasteiger partial charge in [0.15, 0.2) is 11.5 Å². The average molecular weight is 367 g/mol. The summed E-state index contributed by atoms with van der Waals surface area (Å²) >= 11 is 0. The van der Waals surface area contributed by atoms with Crippen LogP contribution in [0.2, 0.25) is 0 Å². The third kappa shape index (κ3) is 3.67. The maximum atomic E-state index is 12.3. The number of benzene rings is 2. The second-order valence-electron chi connectivity index (χ2n) is 6.39. The number of carbonyl (C=O) groups excluding carboxylic acids is 1. The molecule has 0 saturated carbocycles. The van der Waals surface area contributed by atoms with E-state index in [1.807, 2.05) is 24.3 Å². The van der Waals surface area contributed by atoms with Gasteiger partial charge in [-0.15, -0.1) is 0 Å². The van der Waals surface area contributed by atoms with E-state index in [1.54, 1.807) is 19.2 Å². The molecule has 0 atom stereocenters. The van der Waals surface area contributed by atoms with Gasteiger partial charge in [-0.05, 0) is 43.2 Å². The number of anilines is 1. The van der Waals surface area contributed by atoms with Crippen molar-refractivity contribution in [2.75, 3.05) is 31.9 Å². The van der Waals surface area contributed by atoms with Gasteiger partial charge >= 0.3 is 0 Å². The molecule has 0 aliphatic carbocycles. The van der Waals surface area contributed by atoms with Gasteiger partial charge in [-0.1, -0.05) is 0 Å². The van der Waals surface area contributed by atoms with Crippen molar-refractivity contribution in [2.45, 2.75) is 12.8 Å². The zero-order chi connectivity index (χ0) is 18.6. The Hall–Kier alpha value is -3.22. The first-order chi connectivity index (χ1) is 13.2. The van der Waals surface area contributed by atoms with Crippen molar-refractivity contribution in [3.63, 3.8) is 0 Å². The van der Waals surface area contributed by atoms with Crippen LogP contribution in [0.3, 0.4) is 0 Å². The minimum Gasteiger partial charge on any atom is -0.496 e. The third-order valence-corrected chi connectivity index (χ3v) is 4.70. The molecule has 0 spiro atoms. The van der Waals surface area contributed by atoms with Gasteiger partial charge in [0.1, 0.15) is 5.75 Å². The van der Waals surface area contributed by atoms with E-state index in [-0.39, 0.29) is 12.7 Å². The number of hydrogen-bond donors (Lipinski definition) is 1. The van der Waals surface area contributed by atoms with Gasteiger partial charge in [-0.3, -0.25) is 4.79 Å². The molecule has 4 rings (SSSR count). The highest BCUT2D eigenvalue weighted by Crippen LogP contribution is 2.37. The Kier molecular flexibility index (Phi) is 4.82. The van der Waals surface area contributed by atoms with Crippen LogP contribution in [0.25, 0.3) is 0 Å². The smallest absolute Gasteiger partial charge is 0.271 e. The summed E-state index contributed by atoms with van der Waals surface area (Å²) in [5, 5.41) is 4.04. The number of nitrogens with one attached hydrogen (secondary N) is 1. The highest BCUT2D eigenvalue weighted by atomic mass is 16.7. The lowest BCUT2D eigenvalue weighted by atomic mass is 10.2. The molecule has 7 heteroatoms.